The number of hydrogen-bond acceptors (Lipinski definition) is 14. The number of rotatable bonds is 10. The molecule has 39 heavy (non-hydrogen) atoms. The predicted molar refractivity (Wildman–Crippen MR) is 137 cm³/mol. The first-order valence-electron chi connectivity index (χ1n) is 10.6. The predicted octanol–water partition coefficient (Wildman–Crippen LogP) is -2.16. The van der Waals surface area contributed by atoms with Crippen molar-refractivity contribution in [1.29, 1.82) is 0 Å². The average Bonchev–Trinajstić information content (AvgIpc) is 3.31. The molecule has 1 fully saturated rings. The largest absolute Gasteiger partial charge is 0.479 e. The minimum absolute atomic E-state index is 0.00369. The molecule has 2 atom stereocenters. The number of nitrogens with zero attached hydrogens (tertiary/aromatic N) is 5. The minimum atomic E-state index is -1.36. The van der Waals surface area contributed by atoms with Gasteiger partial charge < -0.3 is 26.1 Å². The number of nitrogens with one attached hydrogen (secondary N) is 2. The summed E-state index contributed by atoms with van der Waals surface area (Å²) in [4.78, 5) is 85.1. The number of carbonyl (C=O) groups excluding carboxylic acids is 2. The Morgan fingerprint density at radius 2 is 2.05 bits per heavy atom. The molecular formula is C19H18N8O9S3. The molecular weight excluding hydrogens is 580 g/mol. The zero-order valence-electron chi connectivity index (χ0n) is 19.6. The maximum absolute atomic E-state index is 13.0. The number of H-pyrrole nitrogens is 1. The van der Waals surface area contributed by atoms with E-state index in [1.165, 1.54) is 28.9 Å². The highest BCUT2D eigenvalue weighted by Crippen LogP contribution is 2.41. The van der Waals surface area contributed by atoms with Crippen molar-refractivity contribution in [3.05, 3.63) is 43.1 Å². The second kappa shape index (κ2) is 11.3. The van der Waals surface area contributed by atoms with Gasteiger partial charge in [-0.25, -0.2) is 14.6 Å². The Bertz CT molecular complexity index is 1540. The van der Waals surface area contributed by atoms with Gasteiger partial charge >= 0.3 is 23.1 Å². The Kier molecular flexibility index (Phi) is 8.06. The van der Waals surface area contributed by atoms with E-state index in [4.69, 9.17) is 10.8 Å². The van der Waals surface area contributed by atoms with Crippen LogP contribution in [0.1, 0.15) is 5.69 Å². The first-order chi connectivity index (χ1) is 18.5. The van der Waals surface area contributed by atoms with Crippen molar-refractivity contribution < 1.29 is 34.2 Å². The molecule has 20 heteroatoms. The van der Waals surface area contributed by atoms with Crippen LogP contribution < -0.4 is 22.2 Å². The van der Waals surface area contributed by atoms with Crippen LogP contribution in [0.25, 0.3) is 0 Å². The number of hydrogen-bond donors (Lipinski definition) is 5. The topological polar surface area (TPSA) is 252 Å². The number of carbonyl (C=O) groups is 4. The zero-order valence-corrected chi connectivity index (χ0v) is 22.1. The molecule has 2 aliphatic heterocycles. The average molecular weight is 599 g/mol. The van der Waals surface area contributed by atoms with Gasteiger partial charge in [-0.05, 0) is 5.57 Å². The molecule has 0 aliphatic carbocycles. The van der Waals surface area contributed by atoms with Gasteiger partial charge in [-0.1, -0.05) is 16.9 Å². The number of aromatic nitrogens is 4. The van der Waals surface area contributed by atoms with Gasteiger partial charge in [0, 0.05) is 23.9 Å². The number of carboxylic acid groups (broad SMARTS) is 2. The lowest BCUT2D eigenvalue weighted by atomic mass is 10.0. The lowest BCUT2D eigenvalue weighted by Gasteiger charge is -2.49. The van der Waals surface area contributed by atoms with Crippen molar-refractivity contribution in [2.45, 2.75) is 16.6 Å². The van der Waals surface area contributed by atoms with Crippen LogP contribution in [0.15, 0.2) is 36.6 Å². The standard InChI is InChI=1S/C19H18N8O9S3/c1-26-19(23-13(31)14(32)24-26)39-4-6-3-37-16-10(15(33)27(16)11(6)17(34)35)22-12(30)9(25-36-2-8(28)29)7-5-38-18(20)21-7/h5,10,16H,2-4H2,1H3,(H2,20,21)(H,22,30)(H,24,32)(H,28,29)(H,34,35)/b25-9-/t10-,16-/m1/s1. The second-order valence-electron chi connectivity index (χ2n) is 7.78. The molecule has 2 aromatic rings. The van der Waals surface area contributed by atoms with Gasteiger partial charge in [-0.2, -0.15) is 4.98 Å². The van der Waals surface area contributed by atoms with Gasteiger partial charge in [-0.3, -0.25) is 33.9 Å². The van der Waals surface area contributed by atoms with Crippen molar-refractivity contribution in [3.8, 4) is 0 Å². The summed E-state index contributed by atoms with van der Waals surface area (Å²) in [6.07, 6.45) is 0. The minimum Gasteiger partial charge on any atom is -0.479 e. The van der Waals surface area contributed by atoms with Gasteiger partial charge in [0.2, 0.25) is 6.61 Å². The van der Waals surface area contributed by atoms with Gasteiger partial charge in [-0.15, -0.1) is 23.1 Å². The number of nitrogen functional groups attached to an aromatic ring is 1. The Hall–Kier alpha value is -4.17. The summed E-state index contributed by atoms with van der Waals surface area (Å²) in [7, 11) is 1.46. The summed E-state index contributed by atoms with van der Waals surface area (Å²) in [5.41, 5.74) is 3.40. The lowest BCUT2D eigenvalue weighted by Crippen LogP contribution is -2.71. The fourth-order valence-corrected chi connectivity index (χ4v) is 6.45. The van der Waals surface area contributed by atoms with E-state index in [1.54, 1.807) is 0 Å². The highest BCUT2D eigenvalue weighted by Gasteiger charge is 2.54. The van der Waals surface area contributed by atoms with Gasteiger partial charge in [0.25, 0.3) is 11.8 Å². The molecule has 0 spiro atoms. The Morgan fingerprint density at radius 1 is 1.31 bits per heavy atom. The number of fused-ring (bicyclic) bond motifs is 1. The third-order valence-corrected chi connectivity index (χ3v) is 8.31. The summed E-state index contributed by atoms with van der Waals surface area (Å²) in [6.45, 7) is -0.832. The first-order valence-corrected chi connectivity index (χ1v) is 13.5. The van der Waals surface area contributed by atoms with Crippen LogP contribution in [0.4, 0.5) is 5.13 Å². The Labute approximate surface area is 229 Å². The molecule has 0 aromatic carbocycles. The van der Waals surface area contributed by atoms with E-state index in [2.05, 4.69) is 30.4 Å². The molecule has 0 bridgehead atoms. The van der Waals surface area contributed by atoms with E-state index in [-0.39, 0.29) is 33.2 Å². The summed E-state index contributed by atoms with van der Waals surface area (Å²) in [6, 6.07) is -1.12. The highest BCUT2D eigenvalue weighted by molar-refractivity contribution is 8.01. The quantitative estimate of drug-likeness (QED) is 0.0642. The molecule has 6 N–H and O–H groups in total. The number of aromatic amines is 1. The van der Waals surface area contributed by atoms with Crippen molar-refractivity contribution in [3.63, 3.8) is 0 Å². The van der Waals surface area contributed by atoms with E-state index >= 15 is 0 Å². The van der Waals surface area contributed by atoms with Crippen molar-refractivity contribution >= 4 is 69.5 Å². The molecule has 4 heterocycles. The van der Waals surface area contributed by atoms with E-state index in [1.807, 2.05) is 0 Å². The fourth-order valence-electron chi connectivity index (χ4n) is 3.50. The highest BCUT2D eigenvalue weighted by atomic mass is 32.2. The van der Waals surface area contributed by atoms with E-state index < -0.39 is 58.6 Å². The summed E-state index contributed by atoms with van der Waals surface area (Å²) < 4.78 is 1.23. The second-order valence-corrected chi connectivity index (χ2v) is 10.7. The molecule has 0 saturated carbocycles. The maximum atomic E-state index is 13.0. The number of oxime groups is 1. The van der Waals surface area contributed by atoms with E-state index in [0.717, 1.165) is 28.0 Å². The number of thiazole rings is 1. The van der Waals surface area contributed by atoms with Crippen LogP contribution in [0.3, 0.4) is 0 Å². The third-order valence-electron chi connectivity index (χ3n) is 5.18. The molecule has 206 valence electrons. The first kappa shape index (κ1) is 27.9. The number of nitrogens with two attached hydrogens (primary N) is 1. The monoisotopic (exact) mass is 598 g/mol. The molecule has 17 nitrogen and oxygen atoms in total. The zero-order chi connectivity index (χ0) is 28.4. The number of aryl methyl sites for hydroxylation is 1. The van der Waals surface area contributed by atoms with Gasteiger partial charge in [0.15, 0.2) is 16.0 Å². The number of carboxylic acids is 2. The summed E-state index contributed by atoms with van der Waals surface area (Å²) in [5.74, 6) is -4.06. The normalized spacial score (nSPS) is 18.8. The number of β-lactam (4-membered cyclic amide) rings is 1. The van der Waals surface area contributed by atoms with Crippen molar-refractivity contribution in [2.24, 2.45) is 12.2 Å². The molecule has 0 unspecified atom stereocenters. The number of amides is 2. The molecule has 2 amide bonds. The molecule has 2 aromatic heterocycles. The number of thioether (sulfide) groups is 2. The lowest BCUT2D eigenvalue weighted by molar-refractivity contribution is -0.150. The van der Waals surface area contributed by atoms with Crippen LogP contribution in [0.5, 0.6) is 0 Å². The Balaban J connectivity index is 1.51. The van der Waals surface area contributed by atoms with E-state index in [0.29, 0.717) is 5.57 Å². The maximum Gasteiger partial charge on any atom is 0.352 e. The molecule has 2 aliphatic rings. The van der Waals surface area contributed by atoms with Gasteiger partial charge in [0.05, 0.1) is 0 Å². The van der Waals surface area contributed by atoms with Crippen LogP contribution >= 0.6 is 34.9 Å². The third kappa shape index (κ3) is 5.81. The smallest absolute Gasteiger partial charge is 0.352 e. The van der Waals surface area contributed by atoms with Crippen molar-refractivity contribution in [2.75, 3.05) is 23.8 Å². The molecule has 0 radical (unpaired) electrons. The fraction of sp³-hybridized carbons (Fsp3) is 0.316. The van der Waals surface area contributed by atoms with Crippen LogP contribution in [-0.4, -0.2) is 93.9 Å². The SMILES string of the molecule is Cn1[nH]c(=O)c(=O)nc1SCC1=C(C(=O)O)N2C(=O)[C@@H](NC(=O)/C(=N\OCC(=O)O)c3csc(N)n3)[C@H]2SC1. The number of aliphatic carboxylic acids is 2. The van der Waals surface area contributed by atoms with E-state index in [9.17, 15) is 33.9 Å². The summed E-state index contributed by atoms with van der Waals surface area (Å²) >= 11 is 3.20. The Morgan fingerprint density at radius 3 is 2.69 bits per heavy atom. The van der Waals surface area contributed by atoms with Crippen molar-refractivity contribution in [1.82, 2.24) is 30.0 Å². The van der Waals surface area contributed by atoms with Gasteiger partial charge in [0.1, 0.15) is 22.8 Å². The van der Waals surface area contributed by atoms with Crippen LogP contribution in [0.2, 0.25) is 0 Å². The molecule has 4 rings (SSSR count). The van der Waals surface area contributed by atoms with Crippen LogP contribution in [-0.2, 0) is 31.1 Å². The molecule has 1 saturated heterocycles. The summed E-state index contributed by atoms with van der Waals surface area (Å²) in [5, 5.41) is 27.8. The number of anilines is 1. The van der Waals surface area contributed by atoms with Crippen LogP contribution in [0, 0.1) is 0 Å².